The Balaban J connectivity index is 1.76. The molecule has 1 N–H and O–H groups in total. The normalized spacial score (nSPS) is 14.4. The van der Waals surface area contributed by atoms with Gasteiger partial charge in [-0.25, -0.2) is 8.42 Å². The summed E-state index contributed by atoms with van der Waals surface area (Å²) in [6, 6.07) is 19.0. The Hall–Kier alpha value is -3.07. The van der Waals surface area contributed by atoms with Crippen molar-refractivity contribution >= 4 is 50.7 Å². The molecule has 42 heavy (non-hydrogen) atoms. The van der Waals surface area contributed by atoms with Crippen molar-refractivity contribution in [3.8, 4) is 0 Å². The molecule has 1 aliphatic carbocycles. The number of amides is 2. The number of carbonyl (C=O) groups is 2. The number of hydrogen-bond acceptors (Lipinski definition) is 4. The van der Waals surface area contributed by atoms with E-state index in [4.69, 9.17) is 23.2 Å². The minimum atomic E-state index is -3.85. The maximum atomic E-state index is 14.3. The fourth-order valence-corrected chi connectivity index (χ4v) is 6.58. The number of sulfonamides is 1. The highest BCUT2D eigenvalue weighted by atomic mass is 35.5. The molecule has 1 aliphatic rings. The van der Waals surface area contributed by atoms with Gasteiger partial charge in [0.1, 0.15) is 12.6 Å². The van der Waals surface area contributed by atoms with E-state index in [2.05, 4.69) is 5.32 Å². The maximum absolute atomic E-state index is 14.3. The van der Waals surface area contributed by atoms with E-state index in [1.807, 2.05) is 50.2 Å². The molecule has 0 saturated heterocycles. The number of nitrogens with one attached hydrogen (secondary N) is 1. The molecule has 3 aromatic rings. The number of nitrogens with zero attached hydrogens (tertiary/aromatic N) is 2. The van der Waals surface area contributed by atoms with Crippen molar-refractivity contribution in [1.29, 1.82) is 0 Å². The predicted molar refractivity (Wildman–Crippen MR) is 169 cm³/mol. The van der Waals surface area contributed by atoms with Gasteiger partial charge in [0.2, 0.25) is 21.8 Å². The molecule has 0 unspecified atom stereocenters. The van der Waals surface area contributed by atoms with E-state index in [9.17, 15) is 18.0 Å². The number of benzene rings is 3. The van der Waals surface area contributed by atoms with Crippen molar-refractivity contribution in [3.63, 3.8) is 0 Å². The van der Waals surface area contributed by atoms with E-state index < -0.39 is 28.5 Å². The van der Waals surface area contributed by atoms with Crippen molar-refractivity contribution < 1.29 is 18.0 Å². The Morgan fingerprint density at radius 1 is 0.929 bits per heavy atom. The van der Waals surface area contributed by atoms with Crippen LogP contribution in [0, 0.1) is 13.8 Å². The number of hydrogen-bond donors (Lipinski definition) is 1. The average Bonchev–Trinajstić information content (AvgIpc) is 3.46. The molecular formula is C32H37Cl2N3O4S. The van der Waals surface area contributed by atoms with Crippen LogP contribution in [0.5, 0.6) is 0 Å². The Morgan fingerprint density at radius 3 is 2.26 bits per heavy atom. The molecule has 10 heteroatoms. The molecule has 1 fully saturated rings. The molecule has 224 valence electrons. The van der Waals surface area contributed by atoms with E-state index in [1.165, 1.54) is 4.90 Å². The van der Waals surface area contributed by atoms with E-state index in [1.54, 1.807) is 30.3 Å². The van der Waals surface area contributed by atoms with Gasteiger partial charge in [-0.2, -0.15) is 0 Å². The number of halogens is 2. The highest BCUT2D eigenvalue weighted by molar-refractivity contribution is 7.92. The highest BCUT2D eigenvalue weighted by Gasteiger charge is 2.34. The van der Waals surface area contributed by atoms with Crippen LogP contribution in [0.25, 0.3) is 0 Å². The Morgan fingerprint density at radius 2 is 1.62 bits per heavy atom. The first-order chi connectivity index (χ1) is 19.9. The molecule has 0 radical (unpaired) electrons. The number of anilines is 1. The van der Waals surface area contributed by atoms with Crippen molar-refractivity contribution in [2.24, 2.45) is 0 Å². The second-order valence-corrected chi connectivity index (χ2v) is 13.7. The molecule has 0 aromatic heterocycles. The summed E-state index contributed by atoms with van der Waals surface area (Å²) in [4.78, 5) is 29.7. The van der Waals surface area contributed by atoms with Crippen LogP contribution in [0.4, 0.5) is 5.69 Å². The second kappa shape index (κ2) is 13.9. The average molecular weight is 631 g/mol. The molecular weight excluding hydrogens is 593 g/mol. The van der Waals surface area contributed by atoms with Crippen LogP contribution in [-0.4, -0.2) is 50.0 Å². The molecule has 0 heterocycles. The molecule has 7 nitrogen and oxygen atoms in total. The maximum Gasteiger partial charge on any atom is 0.244 e. The Bertz CT molecular complexity index is 1530. The fourth-order valence-electron chi connectivity index (χ4n) is 5.36. The third kappa shape index (κ3) is 8.06. The van der Waals surface area contributed by atoms with Gasteiger partial charge in [0.15, 0.2) is 0 Å². The summed E-state index contributed by atoms with van der Waals surface area (Å²) in [5.41, 5.74) is 3.63. The van der Waals surface area contributed by atoms with Crippen LogP contribution < -0.4 is 9.62 Å². The summed E-state index contributed by atoms with van der Waals surface area (Å²) in [6.07, 6.45) is 5.20. The van der Waals surface area contributed by atoms with Crippen LogP contribution in [0.2, 0.25) is 10.0 Å². The number of aryl methyl sites for hydroxylation is 1. The first-order valence-corrected chi connectivity index (χ1v) is 16.7. The minimum Gasteiger partial charge on any atom is -0.352 e. The summed E-state index contributed by atoms with van der Waals surface area (Å²) < 4.78 is 27.2. The third-order valence-corrected chi connectivity index (χ3v) is 9.70. The summed E-state index contributed by atoms with van der Waals surface area (Å²) in [5, 5.41) is 3.86. The lowest BCUT2D eigenvalue weighted by Gasteiger charge is -2.34. The number of carbonyl (C=O) groups excluding carboxylic acids is 2. The first kappa shape index (κ1) is 31.9. The van der Waals surface area contributed by atoms with E-state index in [-0.39, 0.29) is 24.9 Å². The van der Waals surface area contributed by atoms with Crippen LogP contribution in [0.3, 0.4) is 0 Å². The fraction of sp³-hybridized carbons (Fsp3) is 0.375. The lowest BCUT2D eigenvalue weighted by Crippen LogP contribution is -2.54. The van der Waals surface area contributed by atoms with Gasteiger partial charge in [-0.15, -0.1) is 0 Å². The van der Waals surface area contributed by atoms with Gasteiger partial charge in [-0.3, -0.25) is 13.9 Å². The SMILES string of the molecule is Cc1cccc(N(CC(=O)N(Cc2ccc(Cl)c(Cl)c2)[C@H](Cc2ccccc2)C(=O)NC2CCCC2)S(C)(=O)=O)c1C. The van der Waals surface area contributed by atoms with Crippen LogP contribution >= 0.6 is 23.2 Å². The molecule has 4 rings (SSSR count). The van der Waals surface area contributed by atoms with Gasteiger partial charge in [0.25, 0.3) is 0 Å². The smallest absolute Gasteiger partial charge is 0.244 e. The number of rotatable bonds is 11. The summed E-state index contributed by atoms with van der Waals surface area (Å²) in [7, 11) is -3.85. The zero-order valence-corrected chi connectivity index (χ0v) is 26.5. The third-order valence-electron chi connectivity index (χ3n) is 7.83. The minimum absolute atomic E-state index is 0.0374. The molecule has 3 aromatic carbocycles. The topological polar surface area (TPSA) is 86.8 Å². The van der Waals surface area contributed by atoms with Gasteiger partial charge in [0, 0.05) is 19.0 Å². The van der Waals surface area contributed by atoms with Gasteiger partial charge >= 0.3 is 0 Å². The lowest BCUT2D eigenvalue weighted by molar-refractivity contribution is -0.140. The van der Waals surface area contributed by atoms with E-state index >= 15 is 0 Å². The summed E-state index contributed by atoms with van der Waals surface area (Å²) in [5.74, 6) is -0.772. The Kier molecular flexibility index (Phi) is 10.6. The van der Waals surface area contributed by atoms with Crippen molar-refractivity contribution in [3.05, 3.63) is 99.0 Å². The quantitative estimate of drug-likeness (QED) is 0.279. The van der Waals surface area contributed by atoms with E-state index in [0.29, 0.717) is 21.3 Å². The van der Waals surface area contributed by atoms with Crippen LogP contribution in [-0.2, 0) is 32.6 Å². The summed E-state index contributed by atoms with van der Waals surface area (Å²) in [6.45, 7) is 3.29. The molecule has 0 spiro atoms. The van der Waals surface area contributed by atoms with Gasteiger partial charge in [-0.05, 0) is 67.1 Å². The lowest BCUT2D eigenvalue weighted by atomic mass is 10.0. The second-order valence-electron chi connectivity index (χ2n) is 11.0. The molecule has 2 amide bonds. The molecule has 1 saturated carbocycles. The van der Waals surface area contributed by atoms with Gasteiger partial charge in [0.05, 0.1) is 22.0 Å². The predicted octanol–water partition coefficient (Wildman–Crippen LogP) is 6.08. The van der Waals surface area contributed by atoms with Crippen molar-refractivity contribution in [2.75, 3.05) is 17.1 Å². The largest absolute Gasteiger partial charge is 0.352 e. The van der Waals surface area contributed by atoms with Crippen molar-refractivity contribution in [1.82, 2.24) is 10.2 Å². The van der Waals surface area contributed by atoms with Crippen LogP contribution in [0.15, 0.2) is 66.7 Å². The summed E-state index contributed by atoms with van der Waals surface area (Å²) >= 11 is 12.5. The monoisotopic (exact) mass is 629 g/mol. The Labute approximate surface area is 258 Å². The first-order valence-electron chi connectivity index (χ1n) is 14.1. The van der Waals surface area contributed by atoms with Crippen molar-refractivity contribution in [2.45, 2.75) is 64.6 Å². The van der Waals surface area contributed by atoms with Gasteiger partial charge < -0.3 is 10.2 Å². The molecule has 0 bridgehead atoms. The highest BCUT2D eigenvalue weighted by Crippen LogP contribution is 2.27. The van der Waals surface area contributed by atoms with E-state index in [0.717, 1.165) is 52.9 Å². The van der Waals surface area contributed by atoms with Gasteiger partial charge in [-0.1, -0.05) is 84.6 Å². The molecule has 0 aliphatic heterocycles. The zero-order chi connectivity index (χ0) is 30.4. The zero-order valence-electron chi connectivity index (χ0n) is 24.1. The standard InChI is InChI=1S/C32H37Cl2N3O4S/c1-22-10-9-15-29(23(22)2)37(42(3,40)41)21-31(38)36(20-25-16-17-27(33)28(34)18-25)30(19-24-11-5-4-6-12-24)32(39)35-26-13-7-8-14-26/h4-6,9-12,15-18,26,30H,7-8,13-14,19-21H2,1-3H3,(H,35,39)/t30-/m1/s1. The van der Waals surface area contributed by atoms with Crippen LogP contribution in [0.1, 0.15) is 47.9 Å². The molecule has 1 atom stereocenters.